The van der Waals surface area contributed by atoms with E-state index in [2.05, 4.69) is 4.98 Å². The van der Waals surface area contributed by atoms with E-state index in [0.717, 1.165) is 13.0 Å². The Bertz CT molecular complexity index is 875. The molecule has 0 spiro atoms. The molecule has 2 heterocycles. The summed E-state index contributed by atoms with van der Waals surface area (Å²) in [5, 5.41) is 0. The number of ketones is 1. The molecule has 0 unspecified atom stereocenters. The van der Waals surface area contributed by atoms with Gasteiger partial charge in [0.15, 0.2) is 0 Å². The van der Waals surface area contributed by atoms with Crippen LogP contribution in [-0.4, -0.2) is 40.7 Å². The van der Waals surface area contributed by atoms with Crippen LogP contribution in [0.15, 0.2) is 53.3 Å². The molecule has 0 aliphatic rings. The quantitative estimate of drug-likeness (QED) is 0.514. The first-order chi connectivity index (χ1) is 11.6. The first-order valence-electron chi connectivity index (χ1n) is 7.63. The summed E-state index contributed by atoms with van der Waals surface area (Å²) in [7, 11) is 3.96. The molecule has 1 aromatic carbocycles. The number of halogens is 1. The standard InChI is InChI=1S/C18H18FN3O2/c1-21(2)10-4-3-5-15(23)17-16(13-6-8-14(19)9-7-13)20-18-22(17)11-12-24-18/h3,5-9,11-12H,4,10H2,1-2H3/b5-3+. The topological polar surface area (TPSA) is 50.8 Å². The average Bonchev–Trinajstić information content (AvgIpc) is 3.12. The van der Waals surface area contributed by atoms with Crippen LogP contribution in [0.1, 0.15) is 16.9 Å². The zero-order chi connectivity index (χ0) is 17.1. The van der Waals surface area contributed by atoms with Crippen LogP contribution < -0.4 is 0 Å². The summed E-state index contributed by atoms with van der Waals surface area (Å²) in [4.78, 5) is 19.1. The van der Waals surface area contributed by atoms with E-state index in [9.17, 15) is 9.18 Å². The van der Waals surface area contributed by atoms with Gasteiger partial charge < -0.3 is 9.32 Å². The number of oxazole rings is 1. The number of nitrogens with zero attached hydrogens (tertiary/aromatic N) is 3. The maximum absolute atomic E-state index is 13.2. The smallest absolute Gasteiger partial charge is 0.306 e. The lowest BCUT2D eigenvalue weighted by molar-refractivity contribution is 0.104. The fourth-order valence-corrected chi connectivity index (χ4v) is 2.43. The van der Waals surface area contributed by atoms with E-state index < -0.39 is 0 Å². The molecule has 0 aliphatic heterocycles. The van der Waals surface area contributed by atoms with Crippen molar-refractivity contribution < 1.29 is 13.6 Å². The van der Waals surface area contributed by atoms with Crippen LogP contribution in [0, 0.1) is 5.82 Å². The fourth-order valence-electron chi connectivity index (χ4n) is 2.43. The molecule has 5 nitrogen and oxygen atoms in total. The van der Waals surface area contributed by atoms with Crippen molar-refractivity contribution in [2.45, 2.75) is 6.42 Å². The first kappa shape index (κ1) is 16.1. The van der Waals surface area contributed by atoms with Gasteiger partial charge in [0.25, 0.3) is 0 Å². The van der Waals surface area contributed by atoms with Gasteiger partial charge in [0, 0.05) is 18.3 Å². The van der Waals surface area contributed by atoms with Crippen molar-refractivity contribution in [2.24, 2.45) is 0 Å². The van der Waals surface area contributed by atoms with Gasteiger partial charge in [0.1, 0.15) is 23.5 Å². The second kappa shape index (κ2) is 6.80. The number of carbonyl (C=O) groups is 1. The molecule has 24 heavy (non-hydrogen) atoms. The summed E-state index contributed by atoms with van der Waals surface area (Å²) in [6, 6.07) is 5.89. The molecule has 0 aliphatic carbocycles. The van der Waals surface area contributed by atoms with Crippen molar-refractivity contribution >= 4 is 11.6 Å². The minimum atomic E-state index is -0.335. The van der Waals surface area contributed by atoms with Gasteiger partial charge in [-0.2, -0.15) is 4.98 Å². The number of benzene rings is 1. The molecule has 0 saturated heterocycles. The molecule has 3 rings (SSSR count). The Hall–Kier alpha value is -2.73. The van der Waals surface area contributed by atoms with E-state index in [1.807, 2.05) is 25.1 Å². The number of allylic oxidation sites excluding steroid dienone is 1. The van der Waals surface area contributed by atoms with Gasteiger partial charge >= 0.3 is 5.84 Å². The predicted octanol–water partition coefficient (Wildman–Crippen LogP) is 3.42. The van der Waals surface area contributed by atoms with E-state index in [4.69, 9.17) is 4.42 Å². The van der Waals surface area contributed by atoms with Crippen molar-refractivity contribution in [2.75, 3.05) is 20.6 Å². The third kappa shape index (κ3) is 3.28. The summed E-state index contributed by atoms with van der Waals surface area (Å²) in [6.45, 7) is 0.863. The Morgan fingerprint density at radius 2 is 2.08 bits per heavy atom. The molecule has 124 valence electrons. The Morgan fingerprint density at radius 3 is 2.79 bits per heavy atom. The van der Waals surface area contributed by atoms with Crippen LogP contribution in [0.25, 0.3) is 17.1 Å². The second-order valence-corrected chi connectivity index (χ2v) is 5.73. The predicted molar refractivity (Wildman–Crippen MR) is 89.5 cm³/mol. The van der Waals surface area contributed by atoms with Crippen molar-refractivity contribution in [1.82, 2.24) is 14.3 Å². The third-order valence-corrected chi connectivity index (χ3v) is 3.63. The van der Waals surface area contributed by atoms with Crippen LogP contribution in [0.3, 0.4) is 0 Å². The highest BCUT2D eigenvalue weighted by atomic mass is 19.1. The van der Waals surface area contributed by atoms with E-state index in [1.165, 1.54) is 18.4 Å². The van der Waals surface area contributed by atoms with Gasteiger partial charge in [-0.25, -0.2) is 4.39 Å². The molecule has 2 aromatic heterocycles. The number of rotatable bonds is 6. The number of aromatic nitrogens is 2. The lowest BCUT2D eigenvalue weighted by atomic mass is 10.1. The molecule has 0 N–H and O–H groups in total. The Kier molecular flexibility index (Phi) is 4.57. The third-order valence-electron chi connectivity index (χ3n) is 3.63. The first-order valence-corrected chi connectivity index (χ1v) is 7.63. The van der Waals surface area contributed by atoms with Gasteiger partial charge in [-0.15, -0.1) is 0 Å². The molecule has 0 saturated carbocycles. The fraction of sp³-hybridized carbons (Fsp3) is 0.222. The monoisotopic (exact) mass is 327 g/mol. The highest BCUT2D eigenvalue weighted by Gasteiger charge is 2.20. The summed E-state index contributed by atoms with van der Waals surface area (Å²) >= 11 is 0. The SMILES string of the molecule is CN(C)CC/C=C/C(=O)c1c(-c2ccc(F)cc2)nc2occn12. The largest absolute Gasteiger partial charge is 0.432 e. The molecule has 0 amide bonds. The second-order valence-electron chi connectivity index (χ2n) is 5.73. The average molecular weight is 327 g/mol. The van der Waals surface area contributed by atoms with Crippen LogP contribution >= 0.6 is 0 Å². The molecule has 0 atom stereocenters. The Labute approximate surface area is 139 Å². The lowest BCUT2D eigenvalue weighted by Crippen LogP contribution is -2.12. The van der Waals surface area contributed by atoms with E-state index in [1.54, 1.807) is 28.8 Å². The maximum Gasteiger partial charge on any atom is 0.306 e. The highest BCUT2D eigenvalue weighted by Crippen LogP contribution is 2.26. The highest BCUT2D eigenvalue weighted by molar-refractivity contribution is 6.07. The van der Waals surface area contributed by atoms with Crippen LogP contribution in [0.5, 0.6) is 0 Å². The van der Waals surface area contributed by atoms with Crippen LogP contribution in [0.4, 0.5) is 4.39 Å². The minimum absolute atomic E-state index is 0.165. The van der Waals surface area contributed by atoms with Gasteiger partial charge in [-0.1, -0.05) is 6.08 Å². The molecular weight excluding hydrogens is 309 g/mol. The van der Waals surface area contributed by atoms with Gasteiger partial charge in [0.05, 0.1) is 0 Å². The summed E-state index contributed by atoms with van der Waals surface area (Å²) in [6.07, 6.45) is 7.29. The van der Waals surface area contributed by atoms with Crippen LogP contribution in [-0.2, 0) is 0 Å². The van der Waals surface area contributed by atoms with Crippen molar-refractivity contribution in [1.29, 1.82) is 0 Å². The van der Waals surface area contributed by atoms with Gasteiger partial charge in [0.2, 0.25) is 5.78 Å². The summed E-state index contributed by atoms with van der Waals surface area (Å²) in [5.74, 6) is -0.167. The van der Waals surface area contributed by atoms with E-state index in [0.29, 0.717) is 22.8 Å². The molecule has 0 bridgehead atoms. The van der Waals surface area contributed by atoms with E-state index in [-0.39, 0.29) is 11.6 Å². The number of hydrogen-bond donors (Lipinski definition) is 0. The van der Waals surface area contributed by atoms with Gasteiger partial charge in [-0.3, -0.25) is 9.20 Å². The molecule has 6 heteroatoms. The van der Waals surface area contributed by atoms with Crippen molar-refractivity contribution in [3.63, 3.8) is 0 Å². The summed E-state index contributed by atoms with van der Waals surface area (Å²) < 4.78 is 20.0. The van der Waals surface area contributed by atoms with Crippen molar-refractivity contribution in [3.8, 4) is 11.3 Å². The van der Waals surface area contributed by atoms with Gasteiger partial charge in [-0.05, 0) is 50.9 Å². The number of carbonyl (C=O) groups excluding carboxylic acids is 1. The Balaban J connectivity index is 1.96. The number of fused-ring (bicyclic) bond motifs is 1. The maximum atomic E-state index is 13.2. The molecule has 3 aromatic rings. The number of imidazole rings is 1. The zero-order valence-corrected chi connectivity index (χ0v) is 13.6. The minimum Gasteiger partial charge on any atom is -0.432 e. The molecule has 0 fully saturated rings. The Morgan fingerprint density at radius 1 is 1.33 bits per heavy atom. The normalized spacial score (nSPS) is 11.8. The molecular formula is C18H18FN3O2. The summed E-state index contributed by atoms with van der Waals surface area (Å²) in [5.41, 5.74) is 1.56. The zero-order valence-electron chi connectivity index (χ0n) is 13.6. The number of hydrogen-bond acceptors (Lipinski definition) is 4. The van der Waals surface area contributed by atoms with Crippen LogP contribution in [0.2, 0.25) is 0 Å². The van der Waals surface area contributed by atoms with E-state index >= 15 is 0 Å². The molecule has 0 radical (unpaired) electrons. The lowest BCUT2D eigenvalue weighted by Gasteiger charge is -2.05. The van der Waals surface area contributed by atoms with Crippen molar-refractivity contribution in [3.05, 3.63) is 60.4 Å².